The van der Waals surface area contributed by atoms with E-state index in [9.17, 15) is 28.8 Å². The van der Waals surface area contributed by atoms with Crippen molar-refractivity contribution in [1.82, 2.24) is 14.6 Å². The molecule has 1 saturated heterocycles. The lowest BCUT2D eigenvalue weighted by Gasteiger charge is -2.26. The van der Waals surface area contributed by atoms with Gasteiger partial charge in [-0.05, 0) is 27.7 Å². The van der Waals surface area contributed by atoms with Gasteiger partial charge in [0.1, 0.15) is 23.1 Å². The SMILES string of the molecule is CC(C)OC(=O)[C@H](C)NP(=O)(OCCSC(=O)C(C)(C)C)OC[C@H]1O[C@@H](n2ccc(=O)[nH]c2=O)[C@](C)(Cl)[C@@H]1O. The Morgan fingerprint density at radius 2 is 1.95 bits per heavy atom. The number of hydrogen-bond donors (Lipinski definition) is 3. The quantitative estimate of drug-likeness (QED) is 0.136. The van der Waals surface area contributed by atoms with Gasteiger partial charge in [-0.1, -0.05) is 32.5 Å². The van der Waals surface area contributed by atoms with Crippen LogP contribution in [0.1, 0.15) is 54.7 Å². The number of aliphatic hydroxyl groups excluding tert-OH is 1. The number of carbonyl (C=O) groups is 2. The van der Waals surface area contributed by atoms with Crippen LogP contribution in [-0.4, -0.2) is 73.9 Å². The molecule has 1 unspecified atom stereocenters. The third-order valence-electron chi connectivity index (χ3n) is 5.48. The van der Waals surface area contributed by atoms with E-state index in [1.165, 1.54) is 20.0 Å². The summed E-state index contributed by atoms with van der Waals surface area (Å²) in [6.45, 7) is 10.8. The highest BCUT2D eigenvalue weighted by Crippen LogP contribution is 2.48. The predicted octanol–water partition coefficient (Wildman–Crippen LogP) is 2.17. The van der Waals surface area contributed by atoms with Crippen molar-refractivity contribution in [3.05, 3.63) is 33.1 Å². The van der Waals surface area contributed by atoms with Crippen molar-refractivity contribution in [3.8, 4) is 0 Å². The maximum atomic E-state index is 13.6. The highest BCUT2D eigenvalue weighted by molar-refractivity contribution is 8.13. The Balaban J connectivity index is 2.16. The summed E-state index contributed by atoms with van der Waals surface area (Å²) in [4.78, 5) is 48.7. The molecule has 2 heterocycles. The lowest BCUT2D eigenvalue weighted by Crippen LogP contribution is -2.43. The lowest BCUT2D eigenvalue weighted by molar-refractivity contribution is -0.149. The zero-order chi connectivity index (χ0) is 29.8. The summed E-state index contributed by atoms with van der Waals surface area (Å²) in [6.07, 6.45) is -3.03. The Morgan fingerprint density at radius 3 is 2.51 bits per heavy atom. The molecule has 39 heavy (non-hydrogen) atoms. The summed E-state index contributed by atoms with van der Waals surface area (Å²) in [7, 11) is -4.23. The Morgan fingerprint density at radius 1 is 1.31 bits per heavy atom. The number of ether oxygens (including phenoxy) is 2. The topological polar surface area (TPSA) is 175 Å². The van der Waals surface area contributed by atoms with Crippen LogP contribution in [0.15, 0.2) is 21.9 Å². The summed E-state index contributed by atoms with van der Waals surface area (Å²) >= 11 is 7.53. The summed E-state index contributed by atoms with van der Waals surface area (Å²) < 4.78 is 36.6. The van der Waals surface area contributed by atoms with Gasteiger partial charge in [0.15, 0.2) is 11.3 Å². The number of hydrogen-bond acceptors (Lipinski definition) is 11. The molecule has 0 aliphatic carbocycles. The van der Waals surface area contributed by atoms with E-state index in [4.69, 9.17) is 30.1 Å². The molecular weight excluding hydrogens is 577 g/mol. The number of aromatic nitrogens is 2. The van der Waals surface area contributed by atoms with Crippen LogP contribution in [0.4, 0.5) is 0 Å². The smallest absolute Gasteiger partial charge is 0.406 e. The second-order valence-electron chi connectivity index (χ2n) is 10.5. The minimum atomic E-state index is -4.23. The third-order valence-corrected chi connectivity index (χ3v) is 8.85. The second-order valence-corrected chi connectivity index (χ2v) is 14.1. The van der Waals surface area contributed by atoms with Crippen LogP contribution < -0.4 is 16.3 Å². The molecule has 13 nitrogen and oxygen atoms in total. The maximum absolute atomic E-state index is 13.6. The molecule has 0 amide bonds. The van der Waals surface area contributed by atoms with Crippen LogP contribution in [0.25, 0.3) is 0 Å². The van der Waals surface area contributed by atoms with Gasteiger partial charge >= 0.3 is 19.4 Å². The number of esters is 1. The monoisotopic (exact) mass is 613 g/mol. The third kappa shape index (κ3) is 9.25. The first-order valence-corrected chi connectivity index (χ1v) is 15.2. The van der Waals surface area contributed by atoms with Crippen molar-refractivity contribution in [1.29, 1.82) is 0 Å². The van der Waals surface area contributed by atoms with E-state index in [2.05, 4.69) is 10.1 Å². The average molecular weight is 614 g/mol. The molecule has 222 valence electrons. The molecule has 2 rings (SSSR count). The number of halogens is 1. The number of aliphatic hydroxyl groups is 1. The Labute approximate surface area is 235 Å². The molecule has 1 fully saturated rings. The molecule has 1 aliphatic rings. The van der Waals surface area contributed by atoms with Crippen molar-refractivity contribution in [2.45, 2.75) is 83.9 Å². The lowest BCUT2D eigenvalue weighted by atomic mass is 10.00. The minimum Gasteiger partial charge on any atom is -0.462 e. The summed E-state index contributed by atoms with van der Waals surface area (Å²) in [6, 6.07) is 0.00205. The van der Waals surface area contributed by atoms with Crippen LogP contribution in [-0.2, 0) is 32.7 Å². The van der Waals surface area contributed by atoms with E-state index < -0.39 is 72.4 Å². The zero-order valence-corrected chi connectivity index (χ0v) is 25.4. The molecule has 0 saturated carbocycles. The van der Waals surface area contributed by atoms with Gasteiger partial charge in [-0.25, -0.2) is 14.4 Å². The van der Waals surface area contributed by atoms with E-state index in [0.29, 0.717) is 0 Å². The molecular formula is C23H37ClN3O10PS. The largest absolute Gasteiger partial charge is 0.462 e. The maximum Gasteiger partial charge on any atom is 0.406 e. The molecule has 0 spiro atoms. The van der Waals surface area contributed by atoms with Crippen LogP contribution in [0.5, 0.6) is 0 Å². The van der Waals surface area contributed by atoms with Gasteiger partial charge in [-0.2, -0.15) is 0 Å². The zero-order valence-electron chi connectivity index (χ0n) is 23.0. The number of H-pyrrole nitrogens is 1. The molecule has 1 aromatic heterocycles. The highest BCUT2D eigenvalue weighted by Gasteiger charge is 2.54. The number of nitrogens with one attached hydrogen (secondary N) is 2. The first kappa shape index (κ1) is 33.7. The summed E-state index contributed by atoms with van der Waals surface area (Å²) in [5.41, 5.74) is -2.00. The van der Waals surface area contributed by atoms with Gasteiger partial charge in [0.25, 0.3) is 5.56 Å². The number of alkyl halides is 1. The van der Waals surface area contributed by atoms with E-state index in [-0.39, 0.29) is 17.5 Å². The summed E-state index contributed by atoms with van der Waals surface area (Å²) in [5.74, 6) is -0.534. The molecule has 0 radical (unpaired) electrons. The van der Waals surface area contributed by atoms with Gasteiger partial charge < -0.3 is 14.6 Å². The van der Waals surface area contributed by atoms with Crippen molar-refractivity contribution in [3.63, 3.8) is 0 Å². The Bertz CT molecular complexity index is 1180. The summed E-state index contributed by atoms with van der Waals surface area (Å²) in [5, 5.41) is 13.2. The fraction of sp³-hybridized carbons (Fsp3) is 0.739. The van der Waals surface area contributed by atoms with Crippen LogP contribution >= 0.6 is 31.1 Å². The fourth-order valence-corrected chi connectivity index (χ4v) is 6.06. The molecule has 1 aliphatic heterocycles. The minimum absolute atomic E-state index is 0.0869. The standard InChI is InChI=1S/C23H37ClN3O10PS/c1-13(2)36-18(30)14(3)26-38(33,34-10-11-39-20(31)22(4,5)6)35-12-15-17(29)23(7,24)19(37-15)27-9-8-16(28)25-21(27)32/h8-9,13-15,17,19,29H,10-12H2,1-7H3,(H,26,33)(H,25,28,32)/t14-,15+,17+,19+,23+,38?/m0/s1. The molecule has 0 bridgehead atoms. The molecule has 0 aromatic carbocycles. The predicted molar refractivity (Wildman–Crippen MR) is 146 cm³/mol. The van der Waals surface area contributed by atoms with Crippen molar-refractivity contribution in [2.24, 2.45) is 5.41 Å². The van der Waals surface area contributed by atoms with Gasteiger partial charge in [-0.3, -0.25) is 33.0 Å². The molecule has 3 N–H and O–H groups in total. The number of rotatable bonds is 12. The van der Waals surface area contributed by atoms with E-state index in [1.807, 2.05) is 0 Å². The van der Waals surface area contributed by atoms with Crippen LogP contribution in [0.2, 0.25) is 0 Å². The van der Waals surface area contributed by atoms with Gasteiger partial charge in [-0.15, -0.1) is 11.6 Å². The van der Waals surface area contributed by atoms with Crippen LogP contribution in [0, 0.1) is 5.41 Å². The number of aromatic amines is 1. The number of thioether (sulfide) groups is 1. The Hall–Kier alpha value is -1.51. The second kappa shape index (κ2) is 13.4. The molecule has 16 heteroatoms. The number of carbonyl (C=O) groups excluding carboxylic acids is 2. The van der Waals surface area contributed by atoms with Crippen molar-refractivity contribution in [2.75, 3.05) is 19.0 Å². The highest BCUT2D eigenvalue weighted by atomic mass is 35.5. The van der Waals surface area contributed by atoms with E-state index in [1.54, 1.807) is 34.6 Å². The normalized spacial score (nSPS) is 25.8. The van der Waals surface area contributed by atoms with Crippen LogP contribution in [0.3, 0.4) is 0 Å². The van der Waals surface area contributed by atoms with E-state index >= 15 is 0 Å². The molecule has 1 aromatic rings. The van der Waals surface area contributed by atoms with Crippen molar-refractivity contribution >= 4 is 42.2 Å². The molecule has 6 atom stereocenters. The van der Waals surface area contributed by atoms with E-state index in [0.717, 1.165) is 22.4 Å². The van der Waals surface area contributed by atoms with Gasteiger partial charge in [0.05, 0.1) is 19.3 Å². The number of nitrogens with zero attached hydrogens (tertiary/aromatic N) is 1. The van der Waals surface area contributed by atoms with Gasteiger partial charge in [0, 0.05) is 23.4 Å². The first-order valence-electron chi connectivity index (χ1n) is 12.3. The first-order chi connectivity index (χ1) is 17.9. The van der Waals surface area contributed by atoms with Crippen molar-refractivity contribution < 1.29 is 37.8 Å². The Kier molecular flexibility index (Phi) is 11.6. The average Bonchev–Trinajstić information content (AvgIpc) is 3.03. The van der Waals surface area contributed by atoms with Gasteiger partial charge in [0.2, 0.25) is 0 Å². The fourth-order valence-electron chi connectivity index (χ4n) is 3.38.